The first-order valence-corrected chi connectivity index (χ1v) is 8.52. The second-order valence-corrected chi connectivity index (χ2v) is 6.02. The van der Waals surface area contributed by atoms with Gasteiger partial charge in [-0.3, -0.25) is 51.3 Å². The Kier molecular flexibility index (Phi) is 7.37. The molecule has 0 bridgehead atoms. The zero-order chi connectivity index (χ0) is 23.8. The summed E-state index contributed by atoms with van der Waals surface area (Å²) < 4.78 is 0. The van der Waals surface area contributed by atoms with Crippen molar-refractivity contribution in [1.29, 1.82) is 0 Å². The number of rotatable bonds is 10. The molecule has 0 amide bonds. The molecule has 2 aromatic carbocycles. The maximum absolute atomic E-state index is 11.1. The van der Waals surface area contributed by atoms with Crippen LogP contribution in [0.2, 0.25) is 0 Å². The fourth-order valence-electron chi connectivity index (χ4n) is 2.25. The molecule has 0 atom stereocenters. The van der Waals surface area contributed by atoms with Crippen molar-refractivity contribution in [2.75, 3.05) is 10.9 Å². The van der Waals surface area contributed by atoms with Gasteiger partial charge in [0.1, 0.15) is 11.4 Å². The Hall–Kier alpha value is -5.02. The van der Waals surface area contributed by atoms with Crippen LogP contribution in [0.15, 0.2) is 46.6 Å². The minimum absolute atomic E-state index is 0.0588. The fraction of sp³-hybridized carbons (Fsp3) is 0.125. The van der Waals surface area contributed by atoms with Crippen molar-refractivity contribution < 1.29 is 19.7 Å². The number of benzene rings is 2. The Balaban J connectivity index is 2.05. The molecule has 2 aromatic rings. The molecule has 32 heavy (non-hydrogen) atoms. The Morgan fingerprint density at radius 3 is 1.72 bits per heavy atom. The van der Waals surface area contributed by atoms with Gasteiger partial charge in [0, 0.05) is 30.5 Å². The molecule has 0 heterocycles. The number of hydrazone groups is 2. The lowest BCUT2D eigenvalue weighted by atomic mass is 10.2. The quantitative estimate of drug-likeness (QED) is 0.306. The summed E-state index contributed by atoms with van der Waals surface area (Å²) in [7, 11) is 0. The van der Waals surface area contributed by atoms with E-state index in [4.69, 9.17) is 0 Å². The first-order valence-electron chi connectivity index (χ1n) is 8.52. The third kappa shape index (κ3) is 5.99. The number of nitrogens with zero attached hydrogens (tertiary/aromatic N) is 6. The number of nitro groups is 4. The standard InChI is InChI=1S/C16H14N8O8/c1-10(18-20-14-5-3-12(22(27)28)9-16(14)24(31)32)6-7-17-19-13-4-2-11(21(25)26)8-15(13)23(29)30/h2-5,7-9,19-20H,6H2,1H3/b17-7+,18-10-. The summed E-state index contributed by atoms with van der Waals surface area (Å²) >= 11 is 0. The Labute approximate surface area is 177 Å². The molecule has 2 N–H and O–H groups in total. The van der Waals surface area contributed by atoms with Crippen molar-refractivity contribution in [2.45, 2.75) is 13.3 Å². The van der Waals surface area contributed by atoms with Crippen molar-refractivity contribution in [3.8, 4) is 0 Å². The van der Waals surface area contributed by atoms with Gasteiger partial charge in [-0.1, -0.05) is 0 Å². The zero-order valence-corrected chi connectivity index (χ0v) is 16.2. The SMILES string of the molecule is C/C(C/C=N/Nc1ccc([N+](=O)[O-])cc1[N+](=O)[O-])=N/Nc1ccc([N+](=O)[O-])cc1[N+](=O)[O-]. The maximum atomic E-state index is 11.1. The molecule has 0 aliphatic heterocycles. The van der Waals surface area contributed by atoms with Gasteiger partial charge in [-0.2, -0.15) is 10.2 Å². The first-order chi connectivity index (χ1) is 15.1. The molecule has 0 saturated carbocycles. The van der Waals surface area contributed by atoms with Gasteiger partial charge in [-0.15, -0.1) is 0 Å². The van der Waals surface area contributed by atoms with E-state index in [0.717, 1.165) is 36.4 Å². The molecular formula is C16H14N8O8. The van der Waals surface area contributed by atoms with E-state index >= 15 is 0 Å². The van der Waals surface area contributed by atoms with Gasteiger partial charge >= 0.3 is 11.4 Å². The van der Waals surface area contributed by atoms with Crippen molar-refractivity contribution in [1.82, 2.24) is 0 Å². The van der Waals surface area contributed by atoms with Gasteiger partial charge in [-0.05, 0) is 19.1 Å². The predicted octanol–water partition coefficient (Wildman–Crippen LogP) is 3.60. The normalized spacial score (nSPS) is 11.2. The third-order valence-corrected chi connectivity index (χ3v) is 3.81. The van der Waals surface area contributed by atoms with Crippen LogP contribution in [0, 0.1) is 40.5 Å². The van der Waals surface area contributed by atoms with Crippen molar-refractivity contribution in [2.24, 2.45) is 10.2 Å². The van der Waals surface area contributed by atoms with E-state index < -0.39 is 42.4 Å². The smallest absolute Gasteiger partial charge is 0.272 e. The molecule has 0 radical (unpaired) electrons. The summed E-state index contributed by atoms with van der Waals surface area (Å²) in [6.07, 6.45) is 1.43. The molecule has 0 fully saturated rings. The second kappa shape index (κ2) is 10.1. The van der Waals surface area contributed by atoms with Gasteiger partial charge in [0.2, 0.25) is 0 Å². The van der Waals surface area contributed by atoms with E-state index in [1.54, 1.807) is 6.92 Å². The molecule has 2 rings (SSSR count). The van der Waals surface area contributed by atoms with E-state index in [1.807, 2.05) is 0 Å². The Morgan fingerprint density at radius 1 is 0.812 bits per heavy atom. The number of hydrogen-bond acceptors (Lipinski definition) is 12. The first kappa shape index (κ1) is 23.3. The van der Waals surface area contributed by atoms with E-state index in [1.165, 1.54) is 6.21 Å². The van der Waals surface area contributed by atoms with Crippen LogP contribution in [0.1, 0.15) is 13.3 Å². The molecule has 0 aliphatic carbocycles. The van der Waals surface area contributed by atoms with Gasteiger partial charge in [0.25, 0.3) is 11.4 Å². The minimum atomic E-state index is -0.793. The van der Waals surface area contributed by atoms with E-state index in [2.05, 4.69) is 21.1 Å². The second-order valence-electron chi connectivity index (χ2n) is 6.02. The largest absolute Gasteiger partial charge is 0.301 e. The lowest BCUT2D eigenvalue weighted by Crippen LogP contribution is -2.02. The van der Waals surface area contributed by atoms with Gasteiger partial charge < -0.3 is 0 Å². The fourth-order valence-corrected chi connectivity index (χ4v) is 2.25. The Bertz CT molecular complexity index is 1150. The average molecular weight is 446 g/mol. The van der Waals surface area contributed by atoms with Crippen LogP contribution in [0.4, 0.5) is 34.1 Å². The van der Waals surface area contributed by atoms with E-state index in [9.17, 15) is 40.5 Å². The van der Waals surface area contributed by atoms with Gasteiger partial charge in [-0.25, -0.2) is 0 Å². The topological polar surface area (TPSA) is 221 Å². The van der Waals surface area contributed by atoms with Crippen LogP contribution in [0.25, 0.3) is 0 Å². The van der Waals surface area contributed by atoms with Crippen LogP contribution >= 0.6 is 0 Å². The molecule has 16 heteroatoms. The highest BCUT2D eigenvalue weighted by Crippen LogP contribution is 2.30. The molecule has 0 saturated heterocycles. The maximum Gasteiger partial charge on any atom is 0.301 e. The van der Waals surface area contributed by atoms with Crippen molar-refractivity contribution in [3.05, 3.63) is 76.9 Å². The molecular weight excluding hydrogens is 432 g/mol. The average Bonchev–Trinajstić information content (AvgIpc) is 2.74. The van der Waals surface area contributed by atoms with E-state index in [0.29, 0.717) is 5.71 Å². The number of anilines is 2. The number of nitro benzene ring substituents is 4. The lowest BCUT2D eigenvalue weighted by molar-refractivity contribution is -0.393. The van der Waals surface area contributed by atoms with Crippen LogP contribution in [-0.2, 0) is 0 Å². The van der Waals surface area contributed by atoms with Crippen molar-refractivity contribution >= 4 is 46.1 Å². The monoisotopic (exact) mass is 446 g/mol. The molecule has 166 valence electrons. The van der Waals surface area contributed by atoms with Crippen LogP contribution in [0.3, 0.4) is 0 Å². The van der Waals surface area contributed by atoms with Crippen LogP contribution in [0.5, 0.6) is 0 Å². The molecule has 0 aromatic heterocycles. The molecule has 0 aliphatic rings. The summed E-state index contributed by atoms with van der Waals surface area (Å²) in [6.45, 7) is 1.56. The zero-order valence-electron chi connectivity index (χ0n) is 16.2. The number of non-ortho nitro benzene ring substituents is 2. The number of nitrogens with one attached hydrogen (secondary N) is 2. The van der Waals surface area contributed by atoms with Crippen LogP contribution < -0.4 is 10.9 Å². The lowest BCUT2D eigenvalue weighted by Gasteiger charge is -2.04. The highest BCUT2D eigenvalue weighted by molar-refractivity contribution is 5.94. The van der Waals surface area contributed by atoms with Gasteiger partial charge in [0.05, 0.1) is 31.8 Å². The Morgan fingerprint density at radius 2 is 1.28 bits per heavy atom. The summed E-state index contributed by atoms with van der Waals surface area (Å²) in [5.41, 5.74) is 3.19. The molecule has 0 spiro atoms. The molecule has 16 nitrogen and oxygen atoms in total. The summed E-state index contributed by atoms with van der Waals surface area (Å²) in [5, 5.41) is 51.4. The minimum Gasteiger partial charge on any atom is -0.272 e. The highest BCUT2D eigenvalue weighted by Gasteiger charge is 2.20. The van der Waals surface area contributed by atoms with Crippen LogP contribution in [-0.4, -0.2) is 31.6 Å². The highest BCUT2D eigenvalue weighted by atomic mass is 16.6. The number of hydrogen-bond donors (Lipinski definition) is 2. The third-order valence-electron chi connectivity index (χ3n) is 3.81. The predicted molar refractivity (Wildman–Crippen MR) is 113 cm³/mol. The van der Waals surface area contributed by atoms with E-state index in [-0.39, 0.29) is 17.8 Å². The van der Waals surface area contributed by atoms with Crippen molar-refractivity contribution in [3.63, 3.8) is 0 Å². The summed E-state index contributed by atoms with van der Waals surface area (Å²) in [5.74, 6) is 0. The summed E-state index contributed by atoms with van der Waals surface area (Å²) in [4.78, 5) is 40.6. The summed E-state index contributed by atoms with van der Waals surface area (Å²) in [6, 6.07) is 6.06. The van der Waals surface area contributed by atoms with Gasteiger partial charge in [0.15, 0.2) is 0 Å². The molecule has 0 unspecified atom stereocenters.